The van der Waals surface area contributed by atoms with Crippen molar-refractivity contribution in [2.75, 3.05) is 13.2 Å². The van der Waals surface area contributed by atoms with Crippen LogP contribution in [-0.4, -0.2) is 34.3 Å². The highest BCUT2D eigenvalue weighted by Gasteiger charge is 2.15. The molecule has 0 spiro atoms. The van der Waals surface area contributed by atoms with E-state index in [9.17, 15) is 10.1 Å². The standard InChI is InChI=1S/C22H21N3O4/c1-4-28-19-7-5-6-15(21(19)29-12-20(26)27)10-16(11-23)22-24-17-8-13(2)14(3)9-18(17)25-22/h5-10H,4,12H2,1-3H3,(H,24,25)(H,26,27)/b16-10-. The van der Waals surface area contributed by atoms with Crippen LogP contribution in [0.15, 0.2) is 30.3 Å². The van der Waals surface area contributed by atoms with Crippen molar-refractivity contribution in [2.24, 2.45) is 0 Å². The molecule has 0 saturated heterocycles. The van der Waals surface area contributed by atoms with Crippen LogP contribution in [0.4, 0.5) is 0 Å². The molecule has 0 fully saturated rings. The zero-order chi connectivity index (χ0) is 21.0. The lowest BCUT2D eigenvalue weighted by molar-refractivity contribution is -0.139. The zero-order valence-corrected chi connectivity index (χ0v) is 16.4. The number of hydrogen-bond donors (Lipinski definition) is 2. The van der Waals surface area contributed by atoms with Crippen LogP contribution >= 0.6 is 0 Å². The first kappa shape index (κ1) is 20.0. The summed E-state index contributed by atoms with van der Waals surface area (Å²) >= 11 is 0. The summed E-state index contributed by atoms with van der Waals surface area (Å²) in [5, 5.41) is 18.7. The van der Waals surface area contributed by atoms with E-state index in [1.807, 2.05) is 32.9 Å². The number of fused-ring (bicyclic) bond motifs is 1. The largest absolute Gasteiger partial charge is 0.490 e. The van der Waals surface area contributed by atoms with E-state index in [4.69, 9.17) is 14.6 Å². The summed E-state index contributed by atoms with van der Waals surface area (Å²) in [6.07, 6.45) is 1.61. The van der Waals surface area contributed by atoms with Gasteiger partial charge in [0.1, 0.15) is 11.9 Å². The minimum atomic E-state index is -1.10. The Hall–Kier alpha value is -3.79. The topological polar surface area (TPSA) is 108 Å². The molecule has 0 atom stereocenters. The summed E-state index contributed by atoms with van der Waals surface area (Å²) in [6.45, 7) is 5.72. The number of ether oxygens (including phenoxy) is 2. The number of H-pyrrole nitrogens is 1. The molecule has 0 aliphatic heterocycles. The fraction of sp³-hybridized carbons (Fsp3) is 0.227. The van der Waals surface area contributed by atoms with Crippen LogP contribution in [0.25, 0.3) is 22.7 Å². The molecule has 3 rings (SSSR count). The Morgan fingerprint density at radius 3 is 2.72 bits per heavy atom. The molecule has 0 amide bonds. The molecule has 148 valence electrons. The Balaban J connectivity index is 2.08. The third-order valence-corrected chi connectivity index (χ3v) is 4.42. The van der Waals surface area contributed by atoms with Crippen LogP contribution in [0, 0.1) is 25.2 Å². The SMILES string of the molecule is CCOc1cccc(/C=C(/C#N)c2nc3cc(C)c(C)cc3[nH]2)c1OCC(=O)O. The zero-order valence-electron chi connectivity index (χ0n) is 16.4. The number of para-hydroxylation sites is 1. The number of nitriles is 1. The van der Waals surface area contributed by atoms with E-state index >= 15 is 0 Å². The van der Waals surface area contributed by atoms with Crippen LogP contribution < -0.4 is 9.47 Å². The molecule has 0 radical (unpaired) electrons. The Bertz CT molecular complexity index is 1100. The predicted molar refractivity (Wildman–Crippen MR) is 110 cm³/mol. The monoisotopic (exact) mass is 391 g/mol. The Kier molecular flexibility index (Phi) is 5.84. The van der Waals surface area contributed by atoms with Crippen LogP contribution in [0.3, 0.4) is 0 Å². The van der Waals surface area contributed by atoms with Gasteiger partial charge in [0.25, 0.3) is 0 Å². The fourth-order valence-corrected chi connectivity index (χ4v) is 2.91. The maximum absolute atomic E-state index is 11.0. The number of benzene rings is 2. The lowest BCUT2D eigenvalue weighted by atomic mass is 10.1. The van der Waals surface area contributed by atoms with Gasteiger partial charge in [0.2, 0.25) is 0 Å². The number of aryl methyl sites for hydroxylation is 2. The predicted octanol–water partition coefficient (Wildman–Crippen LogP) is 4.11. The van der Waals surface area contributed by atoms with Crippen molar-refractivity contribution < 1.29 is 19.4 Å². The van der Waals surface area contributed by atoms with Crippen molar-refractivity contribution in [1.29, 1.82) is 5.26 Å². The first-order chi connectivity index (χ1) is 13.9. The number of rotatable bonds is 7. The second-order valence-electron chi connectivity index (χ2n) is 6.50. The van der Waals surface area contributed by atoms with E-state index in [1.54, 1.807) is 24.3 Å². The third-order valence-electron chi connectivity index (χ3n) is 4.42. The number of carboxylic acid groups (broad SMARTS) is 1. The number of hydrogen-bond acceptors (Lipinski definition) is 5. The van der Waals surface area contributed by atoms with Crippen molar-refractivity contribution in [3.63, 3.8) is 0 Å². The summed E-state index contributed by atoms with van der Waals surface area (Å²) < 4.78 is 11.0. The molecular weight excluding hydrogens is 370 g/mol. The van der Waals surface area contributed by atoms with E-state index in [1.165, 1.54) is 0 Å². The molecular formula is C22H21N3O4. The molecule has 2 N–H and O–H groups in total. The van der Waals surface area contributed by atoms with E-state index in [0.29, 0.717) is 29.3 Å². The maximum atomic E-state index is 11.0. The molecule has 0 bridgehead atoms. The average Bonchev–Trinajstić information content (AvgIpc) is 3.08. The van der Waals surface area contributed by atoms with Gasteiger partial charge in [0.15, 0.2) is 18.1 Å². The quantitative estimate of drug-likeness (QED) is 0.587. The molecule has 0 unspecified atom stereocenters. The number of allylic oxidation sites excluding steroid dienone is 1. The second kappa shape index (κ2) is 8.48. The van der Waals surface area contributed by atoms with Gasteiger partial charge in [-0.25, -0.2) is 9.78 Å². The second-order valence-corrected chi connectivity index (χ2v) is 6.50. The van der Waals surface area contributed by atoms with E-state index < -0.39 is 12.6 Å². The molecule has 0 saturated carbocycles. The molecule has 0 aliphatic carbocycles. The van der Waals surface area contributed by atoms with Crippen molar-refractivity contribution in [2.45, 2.75) is 20.8 Å². The smallest absolute Gasteiger partial charge is 0.341 e. The Morgan fingerprint density at radius 2 is 2.03 bits per heavy atom. The Labute approximate surface area is 168 Å². The molecule has 0 aliphatic rings. The number of aromatic nitrogens is 2. The van der Waals surface area contributed by atoms with Gasteiger partial charge in [0.05, 0.1) is 23.2 Å². The molecule has 1 heterocycles. The number of nitrogens with zero attached hydrogens (tertiary/aromatic N) is 2. The van der Waals surface area contributed by atoms with E-state index in [-0.39, 0.29) is 5.75 Å². The van der Waals surface area contributed by atoms with Crippen LogP contribution in [-0.2, 0) is 4.79 Å². The minimum Gasteiger partial charge on any atom is -0.490 e. The number of aromatic amines is 1. The van der Waals surface area contributed by atoms with Gasteiger partial charge >= 0.3 is 5.97 Å². The molecule has 7 heteroatoms. The molecule has 2 aromatic carbocycles. The maximum Gasteiger partial charge on any atom is 0.341 e. The number of nitrogens with one attached hydrogen (secondary N) is 1. The first-order valence-electron chi connectivity index (χ1n) is 9.12. The van der Waals surface area contributed by atoms with Crippen LogP contribution in [0.5, 0.6) is 11.5 Å². The van der Waals surface area contributed by atoms with Gasteiger partial charge in [0, 0.05) is 5.56 Å². The van der Waals surface area contributed by atoms with Crippen LogP contribution in [0.2, 0.25) is 0 Å². The number of imidazole rings is 1. The normalized spacial score (nSPS) is 11.3. The van der Waals surface area contributed by atoms with E-state index in [2.05, 4.69) is 16.0 Å². The lowest BCUT2D eigenvalue weighted by Gasteiger charge is -2.13. The van der Waals surface area contributed by atoms with Gasteiger partial charge in [-0.15, -0.1) is 0 Å². The fourth-order valence-electron chi connectivity index (χ4n) is 2.91. The number of carbonyl (C=O) groups is 1. The highest BCUT2D eigenvalue weighted by Crippen LogP contribution is 2.34. The van der Waals surface area contributed by atoms with E-state index in [0.717, 1.165) is 22.2 Å². The van der Waals surface area contributed by atoms with Gasteiger partial charge in [-0.05, 0) is 56.2 Å². The summed E-state index contributed by atoms with van der Waals surface area (Å²) in [4.78, 5) is 18.7. The summed E-state index contributed by atoms with van der Waals surface area (Å²) in [5.41, 5.74) is 4.69. The molecule has 29 heavy (non-hydrogen) atoms. The van der Waals surface area contributed by atoms with Crippen molar-refractivity contribution in [3.8, 4) is 17.6 Å². The van der Waals surface area contributed by atoms with Gasteiger partial charge in [-0.1, -0.05) is 12.1 Å². The molecule has 7 nitrogen and oxygen atoms in total. The van der Waals surface area contributed by atoms with Crippen molar-refractivity contribution >= 4 is 28.7 Å². The highest BCUT2D eigenvalue weighted by molar-refractivity contribution is 5.91. The number of aliphatic carboxylic acids is 1. The third kappa shape index (κ3) is 4.38. The van der Waals surface area contributed by atoms with Gasteiger partial charge in [-0.2, -0.15) is 5.26 Å². The number of carboxylic acids is 1. The summed E-state index contributed by atoms with van der Waals surface area (Å²) in [5.74, 6) is 0.0104. The molecule has 1 aromatic heterocycles. The highest BCUT2D eigenvalue weighted by atomic mass is 16.5. The summed E-state index contributed by atoms with van der Waals surface area (Å²) in [7, 11) is 0. The average molecular weight is 391 g/mol. The minimum absolute atomic E-state index is 0.271. The van der Waals surface area contributed by atoms with Crippen molar-refractivity contribution in [1.82, 2.24) is 9.97 Å². The van der Waals surface area contributed by atoms with Crippen LogP contribution in [0.1, 0.15) is 29.4 Å². The van der Waals surface area contributed by atoms with Gasteiger partial charge < -0.3 is 19.6 Å². The summed E-state index contributed by atoms with van der Waals surface area (Å²) in [6, 6.07) is 11.3. The van der Waals surface area contributed by atoms with Gasteiger partial charge in [-0.3, -0.25) is 0 Å². The van der Waals surface area contributed by atoms with Crippen molar-refractivity contribution in [3.05, 3.63) is 52.8 Å². The first-order valence-corrected chi connectivity index (χ1v) is 9.12. The molecule has 3 aromatic rings. The lowest BCUT2D eigenvalue weighted by Crippen LogP contribution is -2.11. The Morgan fingerprint density at radius 1 is 1.28 bits per heavy atom.